The fraction of sp³-hybridized carbons (Fsp3) is 0.250. The average molecular weight is 486 g/mol. The van der Waals surface area contributed by atoms with Gasteiger partial charge in [-0.25, -0.2) is 4.79 Å². The molecule has 8 heteroatoms. The number of fused-ring (bicyclic) bond motifs is 2. The molecule has 1 unspecified atom stereocenters. The molecular weight excluding hydrogens is 458 g/mol. The Balaban J connectivity index is 1.47. The first-order chi connectivity index (χ1) is 17.4. The van der Waals surface area contributed by atoms with Gasteiger partial charge in [-0.3, -0.25) is 19.4 Å². The van der Waals surface area contributed by atoms with Crippen LogP contribution in [-0.4, -0.2) is 43.5 Å². The Hall–Kier alpha value is -4.33. The quantitative estimate of drug-likeness (QED) is 0.553. The lowest BCUT2D eigenvalue weighted by molar-refractivity contribution is -0.134. The number of nitrogens with one attached hydrogen (secondary N) is 1. The molecule has 2 aliphatic rings. The van der Waals surface area contributed by atoms with Crippen molar-refractivity contribution in [2.75, 3.05) is 25.7 Å². The lowest BCUT2D eigenvalue weighted by atomic mass is 9.91. The summed E-state index contributed by atoms with van der Waals surface area (Å²) in [6.07, 6.45) is 1.58. The van der Waals surface area contributed by atoms with Crippen LogP contribution >= 0.6 is 0 Å². The molecule has 4 amide bonds. The second-order valence-corrected chi connectivity index (χ2v) is 9.00. The molecule has 5 rings (SSSR count). The molecule has 36 heavy (non-hydrogen) atoms. The van der Waals surface area contributed by atoms with Gasteiger partial charge in [-0.1, -0.05) is 42.5 Å². The number of ether oxygens (including phenoxy) is 2. The predicted molar refractivity (Wildman–Crippen MR) is 135 cm³/mol. The second kappa shape index (κ2) is 9.03. The maximum absolute atomic E-state index is 13.8. The highest BCUT2D eigenvalue weighted by molar-refractivity contribution is 6.12. The number of methoxy groups -OCH3 is 2. The number of hydrogen-bond acceptors (Lipinski definition) is 5. The van der Waals surface area contributed by atoms with Crippen LogP contribution in [0.4, 0.5) is 16.2 Å². The molecular formula is C28H27N3O5. The number of carbonyl (C=O) groups is 3. The van der Waals surface area contributed by atoms with E-state index in [1.165, 1.54) is 14.2 Å². The number of hydrogen-bond donors (Lipinski definition) is 1. The van der Waals surface area contributed by atoms with Gasteiger partial charge in [0.2, 0.25) is 0 Å². The van der Waals surface area contributed by atoms with E-state index >= 15 is 0 Å². The van der Waals surface area contributed by atoms with Gasteiger partial charge in [-0.2, -0.15) is 0 Å². The number of urea groups is 1. The van der Waals surface area contributed by atoms with Crippen LogP contribution in [-0.2, 0) is 28.0 Å². The lowest BCUT2D eigenvalue weighted by Gasteiger charge is -2.27. The number of para-hydroxylation sites is 2. The van der Waals surface area contributed by atoms with Gasteiger partial charge in [0, 0.05) is 0 Å². The van der Waals surface area contributed by atoms with Gasteiger partial charge in [0.05, 0.1) is 25.6 Å². The average Bonchev–Trinajstić information content (AvgIpc) is 3.03. The van der Waals surface area contributed by atoms with Crippen LogP contribution in [0.5, 0.6) is 11.5 Å². The molecule has 1 fully saturated rings. The van der Waals surface area contributed by atoms with E-state index in [1.807, 2.05) is 48.5 Å². The van der Waals surface area contributed by atoms with Crippen molar-refractivity contribution in [3.05, 3.63) is 83.4 Å². The fourth-order valence-electron chi connectivity index (χ4n) is 4.94. The predicted octanol–water partition coefficient (Wildman–Crippen LogP) is 3.93. The lowest BCUT2D eigenvalue weighted by Crippen LogP contribution is -2.43. The first kappa shape index (κ1) is 23.4. The highest BCUT2D eigenvalue weighted by Crippen LogP contribution is 2.38. The highest BCUT2D eigenvalue weighted by atomic mass is 16.5. The number of amides is 4. The third-order valence-corrected chi connectivity index (χ3v) is 6.91. The van der Waals surface area contributed by atoms with E-state index in [1.54, 1.807) is 30.0 Å². The Kier molecular flexibility index (Phi) is 5.88. The Morgan fingerprint density at radius 1 is 0.889 bits per heavy atom. The molecule has 8 nitrogen and oxygen atoms in total. The molecule has 0 radical (unpaired) electrons. The molecule has 2 heterocycles. The minimum Gasteiger partial charge on any atom is -0.493 e. The van der Waals surface area contributed by atoms with Crippen molar-refractivity contribution in [3.63, 3.8) is 0 Å². The molecule has 1 N–H and O–H groups in total. The largest absolute Gasteiger partial charge is 0.493 e. The number of imide groups is 1. The smallest absolute Gasteiger partial charge is 0.325 e. The van der Waals surface area contributed by atoms with E-state index in [0.717, 1.165) is 40.2 Å². The fourth-order valence-corrected chi connectivity index (χ4v) is 4.94. The molecule has 0 spiro atoms. The van der Waals surface area contributed by atoms with Gasteiger partial charge in [-0.05, 0) is 60.7 Å². The Morgan fingerprint density at radius 2 is 1.47 bits per heavy atom. The molecule has 0 aromatic heterocycles. The van der Waals surface area contributed by atoms with E-state index in [4.69, 9.17) is 9.47 Å². The number of nitrogens with zero attached hydrogens (tertiary/aromatic N) is 2. The third kappa shape index (κ3) is 3.75. The number of rotatable bonds is 5. The summed E-state index contributed by atoms with van der Waals surface area (Å²) in [5, 5.41) is 2.76. The van der Waals surface area contributed by atoms with E-state index in [2.05, 4.69) is 5.32 Å². The number of anilines is 2. The highest BCUT2D eigenvalue weighted by Gasteiger charge is 2.50. The van der Waals surface area contributed by atoms with E-state index < -0.39 is 24.0 Å². The molecule has 184 valence electrons. The van der Waals surface area contributed by atoms with Crippen molar-refractivity contribution in [3.8, 4) is 11.5 Å². The van der Waals surface area contributed by atoms with Gasteiger partial charge in [0.15, 0.2) is 11.5 Å². The van der Waals surface area contributed by atoms with Crippen molar-refractivity contribution in [1.29, 1.82) is 0 Å². The number of aryl methyl sites for hydroxylation is 2. The van der Waals surface area contributed by atoms with Gasteiger partial charge < -0.3 is 14.8 Å². The Labute approximate surface area is 209 Å². The zero-order valence-corrected chi connectivity index (χ0v) is 20.4. The standard InChI is InChI=1S/C28H27N3O5/c1-28(20-14-15-23(35-2)24(16-20)36-3)26(33)30(27(34)29-28)17-25(32)31-21-10-6-4-8-18(21)12-13-19-9-5-7-11-22(19)31/h4-11,14-16H,12-13,17H2,1-3H3,(H,29,34). The number of carbonyl (C=O) groups excluding carboxylic acids is 3. The summed E-state index contributed by atoms with van der Waals surface area (Å²) < 4.78 is 10.7. The zero-order chi connectivity index (χ0) is 25.4. The second-order valence-electron chi connectivity index (χ2n) is 9.00. The maximum Gasteiger partial charge on any atom is 0.325 e. The van der Waals surface area contributed by atoms with Crippen LogP contribution in [0.15, 0.2) is 66.7 Å². The molecule has 1 saturated heterocycles. The zero-order valence-electron chi connectivity index (χ0n) is 20.4. The monoisotopic (exact) mass is 485 g/mol. The van der Waals surface area contributed by atoms with E-state index in [9.17, 15) is 14.4 Å². The summed E-state index contributed by atoms with van der Waals surface area (Å²) in [7, 11) is 3.02. The molecule has 0 aliphatic carbocycles. The normalized spacial score (nSPS) is 18.8. The first-order valence-corrected chi connectivity index (χ1v) is 11.7. The SMILES string of the molecule is COc1ccc(C2(C)NC(=O)N(CC(=O)N3c4ccccc4CCc4ccccc43)C2=O)cc1OC. The van der Waals surface area contributed by atoms with Crippen LogP contribution in [0.2, 0.25) is 0 Å². The summed E-state index contributed by atoms with van der Waals surface area (Å²) in [6, 6.07) is 19.9. The van der Waals surface area contributed by atoms with Crippen molar-refractivity contribution < 1.29 is 23.9 Å². The van der Waals surface area contributed by atoms with Crippen LogP contribution in [0, 0.1) is 0 Å². The Bertz CT molecular complexity index is 1320. The number of benzene rings is 3. The summed E-state index contributed by atoms with van der Waals surface area (Å²) in [5.41, 5.74) is 2.78. The van der Waals surface area contributed by atoms with Crippen LogP contribution < -0.4 is 19.7 Å². The Morgan fingerprint density at radius 3 is 2.06 bits per heavy atom. The van der Waals surface area contributed by atoms with Gasteiger partial charge in [0.1, 0.15) is 12.1 Å². The van der Waals surface area contributed by atoms with Crippen molar-refractivity contribution in [2.45, 2.75) is 25.3 Å². The van der Waals surface area contributed by atoms with Crippen LogP contribution in [0.3, 0.4) is 0 Å². The summed E-state index contributed by atoms with van der Waals surface area (Å²) in [5.74, 6) is 0.0686. The topological polar surface area (TPSA) is 88.2 Å². The van der Waals surface area contributed by atoms with Gasteiger partial charge in [-0.15, -0.1) is 0 Å². The minimum atomic E-state index is -1.36. The van der Waals surface area contributed by atoms with Gasteiger partial charge >= 0.3 is 6.03 Å². The van der Waals surface area contributed by atoms with E-state index in [0.29, 0.717) is 17.1 Å². The summed E-state index contributed by atoms with van der Waals surface area (Å²) >= 11 is 0. The van der Waals surface area contributed by atoms with Crippen molar-refractivity contribution in [2.24, 2.45) is 0 Å². The summed E-state index contributed by atoms with van der Waals surface area (Å²) in [6.45, 7) is 1.23. The summed E-state index contributed by atoms with van der Waals surface area (Å²) in [4.78, 5) is 42.9. The molecule has 1 atom stereocenters. The first-order valence-electron chi connectivity index (χ1n) is 11.7. The van der Waals surface area contributed by atoms with Crippen molar-refractivity contribution in [1.82, 2.24) is 10.2 Å². The molecule has 3 aromatic carbocycles. The minimum absolute atomic E-state index is 0.364. The van der Waals surface area contributed by atoms with Gasteiger partial charge in [0.25, 0.3) is 11.8 Å². The van der Waals surface area contributed by atoms with Crippen molar-refractivity contribution >= 4 is 29.2 Å². The molecule has 2 aliphatic heterocycles. The van der Waals surface area contributed by atoms with Crippen LogP contribution in [0.1, 0.15) is 23.6 Å². The molecule has 3 aromatic rings. The molecule has 0 saturated carbocycles. The van der Waals surface area contributed by atoms with E-state index in [-0.39, 0.29) is 5.91 Å². The third-order valence-electron chi connectivity index (χ3n) is 6.91. The maximum atomic E-state index is 13.8. The molecule has 0 bridgehead atoms. The van der Waals surface area contributed by atoms with Crippen LogP contribution in [0.25, 0.3) is 0 Å².